The Hall–Kier alpha value is -2.89. The maximum atomic E-state index is 13.0. The lowest BCUT2D eigenvalue weighted by molar-refractivity contribution is 0.0514. The van der Waals surface area contributed by atoms with Crippen LogP contribution in [0.5, 0.6) is 11.5 Å². The zero-order valence-electron chi connectivity index (χ0n) is 16.8. The zero-order valence-corrected chi connectivity index (χ0v) is 18.4. The SMILES string of the molecule is CCOC(=O)c1cc(-c2ccc(S(=O)(=O)N(C)CC3COc4ccccc4O3)s2)on1. The number of hydrogen-bond acceptors (Lipinski definition) is 9. The average Bonchev–Trinajstić information content (AvgIpc) is 3.44. The van der Waals surface area contributed by atoms with Crippen molar-refractivity contribution in [3.8, 4) is 22.1 Å². The highest BCUT2D eigenvalue weighted by Crippen LogP contribution is 2.34. The van der Waals surface area contributed by atoms with Crippen molar-refractivity contribution in [2.45, 2.75) is 17.2 Å². The quantitative estimate of drug-likeness (QED) is 0.491. The van der Waals surface area contributed by atoms with E-state index < -0.39 is 22.1 Å². The van der Waals surface area contributed by atoms with Gasteiger partial charge in [0.2, 0.25) is 0 Å². The van der Waals surface area contributed by atoms with Gasteiger partial charge in [-0.3, -0.25) is 0 Å². The molecular formula is C20H20N2O7S2. The van der Waals surface area contributed by atoms with Gasteiger partial charge in [0.1, 0.15) is 16.9 Å². The van der Waals surface area contributed by atoms with Crippen LogP contribution in [0.2, 0.25) is 0 Å². The Morgan fingerprint density at radius 2 is 2.03 bits per heavy atom. The Kier molecular flexibility index (Phi) is 5.99. The lowest BCUT2D eigenvalue weighted by Crippen LogP contribution is -2.41. The number of carbonyl (C=O) groups is 1. The van der Waals surface area contributed by atoms with Crippen LogP contribution in [0.25, 0.3) is 10.6 Å². The molecule has 0 aliphatic carbocycles. The summed E-state index contributed by atoms with van der Waals surface area (Å²) in [7, 11) is -2.27. The van der Waals surface area contributed by atoms with Gasteiger partial charge in [0.05, 0.1) is 18.0 Å². The Morgan fingerprint density at radius 1 is 1.26 bits per heavy atom. The molecule has 0 bridgehead atoms. The molecule has 0 spiro atoms. The standard InChI is InChI=1S/C20H20N2O7S2/c1-3-26-20(23)14-10-17(29-21-14)18-8-9-19(30-18)31(24,25)22(2)11-13-12-27-15-6-4-5-7-16(15)28-13/h4-10,13H,3,11-12H2,1-2H3. The van der Waals surface area contributed by atoms with E-state index in [-0.39, 0.29) is 35.4 Å². The summed E-state index contributed by atoms with van der Waals surface area (Å²) in [5.74, 6) is 0.919. The molecule has 0 radical (unpaired) electrons. The fourth-order valence-electron chi connectivity index (χ4n) is 2.98. The summed E-state index contributed by atoms with van der Waals surface area (Å²) in [6.07, 6.45) is -0.435. The number of benzene rings is 1. The second-order valence-electron chi connectivity index (χ2n) is 6.70. The Balaban J connectivity index is 1.46. The molecule has 164 valence electrons. The molecule has 3 heterocycles. The van der Waals surface area contributed by atoms with Crippen LogP contribution in [0.15, 0.2) is 51.2 Å². The number of ether oxygens (including phenoxy) is 3. The maximum absolute atomic E-state index is 13.0. The molecule has 1 aromatic carbocycles. The molecule has 1 aliphatic rings. The summed E-state index contributed by atoms with van der Waals surface area (Å²) in [6, 6.07) is 11.8. The van der Waals surface area contributed by atoms with Crippen LogP contribution in [0.4, 0.5) is 0 Å². The minimum absolute atomic E-state index is 0.0292. The number of fused-ring (bicyclic) bond motifs is 1. The highest BCUT2D eigenvalue weighted by atomic mass is 32.2. The van der Waals surface area contributed by atoms with Gasteiger partial charge in [0.15, 0.2) is 23.0 Å². The monoisotopic (exact) mass is 464 g/mol. The molecule has 9 nitrogen and oxygen atoms in total. The molecule has 0 saturated heterocycles. The number of para-hydroxylation sites is 2. The first-order valence-corrected chi connectivity index (χ1v) is 11.7. The van der Waals surface area contributed by atoms with Crippen LogP contribution in [0.1, 0.15) is 17.4 Å². The normalized spacial score (nSPS) is 15.8. The summed E-state index contributed by atoms with van der Waals surface area (Å²) < 4.78 is 49.0. The molecule has 1 unspecified atom stereocenters. The molecule has 0 fully saturated rings. The predicted molar refractivity (Wildman–Crippen MR) is 112 cm³/mol. The lowest BCUT2D eigenvalue weighted by Gasteiger charge is -2.29. The highest BCUT2D eigenvalue weighted by molar-refractivity contribution is 7.91. The second-order valence-corrected chi connectivity index (χ2v) is 10.1. The number of likely N-dealkylation sites (N-methyl/N-ethyl adjacent to an activating group) is 1. The number of thiophene rings is 1. The van der Waals surface area contributed by atoms with Crippen molar-refractivity contribution >= 4 is 27.3 Å². The van der Waals surface area contributed by atoms with E-state index >= 15 is 0 Å². The average molecular weight is 465 g/mol. The first-order valence-electron chi connectivity index (χ1n) is 9.47. The Morgan fingerprint density at radius 3 is 2.81 bits per heavy atom. The van der Waals surface area contributed by atoms with Crippen LogP contribution in [-0.4, -0.2) is 56.8 Å². The van der Waals surface area contributed by atoms with Gasteiger partial charge in [-0.15, -0.1) is 11.3 Å². The third-order valence-corrected chi connectivity index (χ3v) is 7.90. The number of rotatable bonds is 7. The van der Waals surface area contributed by atoms with E-state index in [0.717, 1.165) is 11.3 Å². The van der Waals surface area contributed by atoms with Gasteiger partial charge in [0, 0.05) is 13.1 Å². The number of sulfonamides is 1. The van der Waals surface area contributed by atoms with Crippen molar-refractivity contribution in [2.24, 2.45) is 0 Å². The molecule has 1 atom stereocenters. The zero-order chi connectivity index (χ0) is 22.0. The molecule has 0 amide bonds. The van der Waals surface area contributed by atoms with Gasteiger partial charge < -0.3 is 18.7 Å². The second kappa shape index (κ2) is 8.69. The van der Waals surface area contributed by atoms with E-state index in [1.54, 1.807) is 25.1 Å². The Bertz CT molecular complexity index is 1190. The van der Waals surface area contributed by atoms with Crippen LogP contribution < -0.4 is 9.47 Å². The molecule has 0 saturated carbocycles. The van der Waals surface area contributed by atoms with E-state index in [4.69, 9.17) is 18.7 Å². The number of aromatic nitrogens is 1. The molecule has 1 aliphatic heterocycles. The molecule has 3 aromatic rings. The minimum Gasteiger partial charge on any atom is -0.486 e. The van der Waals surface area contributed by atoms with Crippen molar-refractivity contribution in [1.29, 1.82) is 0 Å². The van der Waals surface area contributed by atoms with E-state index in [9.17, 15) is 13.2 Å². The van der Waals surface area contributed by atoms with Gasteiger partial charge in [-0.2, -0.15) is 4.31 Å². The summed E-state index contributed by atoms with van der Waals surface area (Å²) in [6.45, 7) is 2.28. The van der Waals surface area contributed by atoms with Crippen molar-refractivity contribution in [3.05, 3.63) is 48.2 Å². The highest BCUT2D eigenvalue weighted by Gasteiger charge is 2.29. The van der Waals surface area contributed by atoms with Gasteiger partial charge >= 0.3 is 5.97 Å². The van der Waals surface area contributed by atoms with E-state index in [1.165, 1.54) is 23.5 Å². The third kappa shape index (κ3) is 4.43. The fraction of sp³-hybridized carbons (Fsp3) is 0.300. The van der Waals surface area contributed by atoms with Gasteiger partial charge in [-0.25, -0.2) is 13.2 Å². The number of esters is 1. The van der Waals surface area contributed by atoms with Crippen LogP contribution in [-0.2, 0) is 14.8 Å². The topological polar surface area (TPSA) is 108 Å². The van der Waals surface area contributed by atoms with Crippen LogP contribution in [0, 0.1) is 0 Å². The number of carbonyl (C=O) groups excluding carboxylic acids is 1. The largest absolute Gasteiger partial charge is 0.486 e. The summed E-state index contributed by atoms with van der Waals surface area (Å²) in [5, 5.41) is 3.68. The summed E-state index contributed by atoms with van der Waals surface area (Å²) >= 11 is 1.02. The van der Waals surface area contributed by atoms with Gasteiger partial charge in [-0.1, -0.05) is 17.3 Å². The van der Waals surface area contributed by atoms with Crippen molar-refractivity contribution < 1.29 is 31.9 Å². The van der Waals surface area contributed by atoms with E-state index in [0.29, 0.717) is 16.4 Å². The van der Waals surface area contributed by atoms with Crippen molar-refractivity contribution in [1.82, 2.24) is 9.46 Å². The first kappa shape index (κ1) is 21.3. The third-order valence-electron chi connectivity index (χ3n) is 4.51. The smallest absolute Gasteiger partial charge is 0.360 e. The minimum atomic E-state index is -3.76. The van der Waals surface area contributed by atoms with Crippen LogP contribution >= 0.6 is 11.3 Å². The number of nitrogens with zero attached hydrogens (tertiary/aromatic N) is 2. The number of hydrogen-bond donors (Lipinski definition) is 0. The molecule has 4 rings (SSSR count). The van der Waals surface area contributed by atoms with Gasteiger partial charge in [-0.05, 0) is 31.2 Å². The van der Waals surface area contributed by atoms with Gasteiger partial charge in [0.25, 0.3) is 10.0 Å². The van der Waals surface area contributed by atoms with E-state index in [1.807, 2.05) is 12.1 Å². The molecule has 31 heavy (non-hydrogen) atoms. The predicted octanol–water partition coefficient (Wildman–Crippen LogP) is 3.04. The Labute approximate surface area is 183 Å². The molecule has 11 heteroatoms. The first-order chi connectivity index (χ1) is 14.9. The van der Waals surface area contributed by atoms with Crippen molar-refractivity contribution in [2.75, 3.05) is 26.8 Å². The van der Waals surface area contributed by atoms with Crippen LogP contribution in [0.3, 0.4) is 0 Å². The molecule has 2 aromatic heterocycles. The molecule has 0 N–H and O–H groups in total. The van der Waals surface area contributed by atoms with Crippen molar-refractivity contribution in [3.63, 3.8) is 0 Å². The molecular weight excluding hydrogens is 444 g/mol. The lowest BCUT2D eigenvalue weighted by atomic mass is 10.2. The summed E-state index contributed by atoms with van der Waals surface area (Å²) in [5.41, 5.74) is 0.0292. The maximum Gasteiger partial charge on any atom is 0.360 e. The summed E-state index contributed by atoms with van der Waals surface area (Å²) in [4.78, 5) is 12.3. The fourth-order valence-corrected chi connectivity index (χ4v) is 5.64. The van der Waals surface area contributed by atoms with E-state index in [2.05, 4.69) is 5.16 Å².